The van der Waals surface area contributed by atoms with Gasteiger partial charge in [0, 0.05) is 18.7 Å². The number of aryl methyl sites for hydroxylation is 1. The van der Waals surface area contributed by atoms with Crippen LogP contribution in [-0.2, 0) is 11.3 Å². The minimum atomic E-state index is -0.212. The Hall–Kier alpha value is -3.85. The molecule has 1 unspecified atom stereocenters. The van der Waals surface area contributed by atoms with Crippen molar-refractivity contribution in [3.63, 3.8) is 0 Å². The van der Waals surface area contributed by atoms with Crippen LogP contribution < -0.4 is 10.3 Å². The van der Waals surface area contributed by atoms with Crippen LogP contribution in [0.3, 0.4) is 0 Å². The Morgan fingerprint density at radius 1 is 1.19 bits per heavy atom. The molecular weight excluding hydrogens is 408 g/mol. The van der Waals surface area contributed by atoms with Crippen LogP contribution in [0.25, 0.3) is 27.6 Å². The maximum Gasteiger partial charge on any atom is 0.280 e. The van der Waals surface area contributed by atoms with Gasteiger partial charge in [-0.15, -0.1) is 0 Å². The highest BCUT2D eigenvalue weighted by Crippen LogP contribution is 2.25. The first-order valence-electron chi connectivity index (χ1n) is 10.5. The highest BCUT2D eigenvalue weighted by atomic mass is 16.5. The van der Waals surface area contributed by atoms with E-state index in [9.17, 15) is 4.79 Å². The Bertz CT molecular complexity index is 1530. The molecule has 1 aliphatic rings. The summed E-state index contributed by atoms with van der Waals surface area (Å²) in [5.41, 5.74) is 3.04. The molecule has 1 saturated heterocycles. The summed E-state index contributed by atoms with van der Waals surface area (Å²) in [7, 11) is 0. The Labute approximate surface area is 182 Å². The summed E-state index contributed by atoms with van der Waals surface area (Å²) in [6.07, 6.45) is 2.38. The summed E-state index contributed by atoms with van der Waals surface area (Å²) in [6, 6.07) is 13.2. The predicted octanol–water partition coefficient (Wildman–Crippen LogP) is 2.51. The van der Waals surface area contributed by atoms with Gasteiger partial charge in [-0.05, 0) is 31.2 Å². The SMILES string of the molecule is Cc1cc2n(Cc3nc(OC4CCOC4)c4ccccc4n3)c(=O)c3ncccc3n2n1. The largest absolute Gasteiger partial charge is 0.471 e. The molecule has 1 fully saturated rings. The predicted molar refractivity (Wildman–Crippen MR) is 118 cm³/mol. The first-order chi connectivity index (χ1) is 15.7. The van der Waals surface area contributed by atoms with Crippen LogP contribution in [0.1, 0.15) is 17.9 Å². The molecular formula is C23H20N6O3. The maximum absolute atomic E-state index is 13.3. The fourth-order valence-corrected chi connectivity index (χ4v) is 4.13. The molecule has 0 radical (unpaired) electrons. The number of para-hydroxylation sites is 1. The van der Waals surface area contributed by atoms with E-state index in [1.807, 2.05) is 43.3 Å². The van der Waals surface area contributed by atoms with Crippen molar-refractivity contribution in [3.05, 3.63) is 70.5 Å². The van der Waals surface area contributed by atoms with Gasteiger partial charge < -0.3 is 9.47 Å². The lowest BCUT2D eigenvalue weighted by atomic mass is 10.2. The average molecular weight is 428 g/mol. The van der Waals surface area contributed by atoms with Gasteiger partial charge in [0.25, 0.3) is 5.56 Å². The highest BCUT2D eigenvalue weighted by Gasteiger charge is 2.21. The van der Waals surface area contributed by atoms with Gasteiger partial charge in [-0.3, -0.25) is 9.36 Å². The molecule has 4 aromatic heterocycles. The van der Waals surface area contributed by atoms with Crippen molar-refractivity contribution in [2.45, 2.75) is 26.0 Å². The third kappa shape index (κ3) is 3.09. The highest BCUT2D eigenvalue weighted by molar-refractivity contribution is 5.83. The van der Waals surface area contributed by atoms with Crippen molar-refractivity contribution >= 4 is 27.6 Å². The molecule has 160 valence electrons. The number of fused-ring (bicyclic) bond motifs is 4. The van der Waals surface area contributed by atoms with Crippen molar-refractivity contribution in [2.75, 3.05) is 13.2 Å². The van der Waals surface area contributed by atoms with Gasteiger partial charge >= 0.3 is 0 Å². The topological polar surface area (TPSA) is 96.4 Å². The molecule has 5 aromatic rings. The summed E-state index contributed by atoms with van der Waals surface area (Å²) in [5.74, 6) is 0.990. The summed E-state index contributed by atoms with van der Waals surface area (Å²) < 4.78 is 15.0. The van der Waals surface area contributed by atoms with Crippen LogP contribution in [0.4, 0.5) is 0 Å². The lowest BCUT2D eigenvalue weighted by molar-refractivity contribution is 0.139. The van der Waals surface area contributed by atoms with E-state index in [0.717, 1.165) is 23.0 Å². The quantitative estimate of drug-likeness (QED) is 0.434. The number of ether oxygens (including phenoxy) is 2. The van der Waals surface area contributed by atoms with Crippen molar-refractivity contribution < 1.29 is 9.47 Å². The maximum atomic E-state index is 13.3. The molecule has 1 aliphatic heterocycles. The van der Waals surface area contributed by atoms with Crippen LogP contribution >= 0.6 is 0 Å². The normalized spacial score (nSPS) is 16.3. The summed E-state index contributed by atoms with van der Waals surface area (Å²) in [6.45, 7) is 3.28. The number of hydrogen-bond acceptors (Lipinski definition) is 7. The molecule has 32 heavy (non-hydrogen) atoms. The van der Waals surface area contributed by atoms with E-state index in [2.05, 4.69) is 10.1 Å². The van der Waals surface area contributed by atoms with E-state index in [4.69, 9.17) is 19.4 Å². The van der Waals surface area contributed by atoms with Gasteiger partial charge in [0.2, 0.25) is 5.88 Å². The van der Waals surface area contributed by atoms with Crippen LogP contribution in [0.2, 0.25) is 0 Å². The molecule has 0 bridgehead atoms. The number of aromatic nitrogens is 6. The lowest BCUT2D eigenvalue weighted by Crippen LogP contribution is -2.25. The Kier molecular flexibility index (Phi) is 4.36. The number of rotatable bonds is 4. The minimum absolute atomic E-state index is 0.0436. The van der Waals surface area contributed by atoms with Crippen LogP contribution in [0.5, 0.6) is 5.88 Å². The fourth-order valence-electron chi connectivity index (χ4n) is 4.13. The minimum Gasteiger partial charge on any atom is -0.471 e. The van der Waals surface area contributed by atoms with E-state index in [1.165, 1.54) is 0 Å². The molecule has 5 heterocycles. The third-order valence-electron chi connectivity index (χ3n) is 5.63. The van der Waals surface area contributed by atoms with Crippen LogP contribution in [0.15, 0.2) is 53.5 Å². The molecule has 1 aromatic carbocycles. The smallest absolute Gasteiger partial charge is 0.280 e. The second kappa shape index (κ2) is 7.38. The van der Waals surface area contributed by atoms with Crippen LogP contribution in [0, 0.1) is 6.92 Å². The zero-order valence-corrected chi connectivity index (χ0v) is 17.4. The second-order valence-electron chi connectivity index (χ2n) is 7.88. The summed E-state index contributed by atoms with van der Waals surface area (Å²) >= 11 is 0. The monoisotopic (exact) mass is 428 g/mol. The zero-order valence-electron chi connectivity index (χ0n) is 17.4. The van der Waals surface area contributed by atoms with E-state index >= 15 is 0 Å². The zero-order chi connectivity index (χ0) is 21.7. The van der Waals surface area contributed by atoms with E-state index < -0.39 is 0 Å². The van der Waals surface area contributed by atoms with E-state index in [0.29, 0.717) is 41.6 Å². The first kappa shape index (κ1) is 18.9. The number of benzene rings is 1. The molecule has 0 amide bonds. The number of nitrogens with zero attached hydrogens (tertiary/aromatic N) is 6. The first-order valence-corrected chi connectivity index (χ1v) is 10.5. The average Bonchev–Trinajstić information content (AvgIpc) is 3.46. The fraction of sp³-hybridized carbons (Fsp3) is 0.261. The molecule has 0 spiro atoms. The van der Waals surface area contributed by atoms with Gasteiger partial charge in [-0.1, -0.05) is 12.1 Å². The third-order valence-corrected chi connectivity index (χ3v) is 5.63. The van der Waals surface area contributed by atoms with Crippen molar-refractivity contribution in [1.29, 1.82) is 0 Å². The summed E-state index contributed by atoms with van der Waals surface area (Å²) in [5, 5.41) is 5.39. The Morgan fingerprint density at radius 3 is 2.97 bits per heavy atom. The Morgan fingerprint density at radius 2 is 2.09 bits per heavy atom. The van der Waals surface area contributed by atoms with Gasteiger partial charge in [0.1, 0.15) is 11.8 Å². The number of hydrogen-bond donors (Lipinski definition) is 0. The van der Waals surface area contributed by atoms with E-state index in [1.54, 1.807) is 21.3 Å². The van der Waals surface area contributed by atoms with Crippen LogP contribution in [-0.4, -0.2) is 48.5 Å². The molecule has 0 aliphatic carbocycles. The molecule has 1 atom stereocenters. The molecule has 0 N–H and O–H groups in total. The van der Waals surface area contributed by atoms with Crippen molar-refractivity contribution in [1.82, 2.24) is 29.1 Å². The van der Waals surface area contributed by atoms with Gasteiger partial charge in [-0.2, -0.15) is 10.1 Å². The molecule has 9 heteroatoms. The van der Waals surface area contributed by atoms with E-state index in [-0.39, 0.29) is 18.2 Å². The molecule has 6 rings (SSSR count). The lowest BCUT2D eigenvalue weighted by Gasteiger charge is -2.15. The van der Waals surface area contributed by atoms with Crippen molar-refractivity contribution in [3.8, 4) is 5.88 Å². The van der Waals surface area contributed by atoms with Gasteiger partial charge in [0.05, 0.1) is 41.9 Å². The molecule has 9 nitrogen and oxygen atoms in total. The Balaban J connectivity index is 1.52. The van der Waals surface area contributed by atoms with Gasteiger partial charge in [-0.25, -0.2) is 14.5 Å². The van der Waals surface area contributed by atoms with Gasteiger partial charge in [0.15, 0.2) is 11.3 Å². The second-order valence-corrected chi connectivity index (χ2v) is 7.88. The van der Waals surface area contributed by atoms with Crippen molar-refractivity contribution in [2.24, 2.45) is 0 Å². The summed E-state index contributed by atoms with van der Waals surface area (Å²) in [4.78, 5) is 27.0. The standard InChI is InChI=1S/C23H20N6O3/c1-14-11-20-28(23(30)21-18(29(20)27-14)7-4-9-24-21)12-19-25-17-6-3-2-5-16(17)22(26-19)32-15-8-10-31-13-15/h2-7,9,11,15H,8,10,12-13H2,1H3. The number of pyridine rings is 1. The molecule has 0 saturated carbocycles.